The van der Waals surface area contributed by atoms with Gasteiger partial charge in [0.15, 0.2) is 5.89 Å². The van der Waals surface area contributed by atoms with Crippen molar-refractivity contribution in [1.29, 1.82) is 0 Å². The lowest BCUT2D eigenvalue weighted by molar-refractivity contribution is 0.0693. The number of aromatic amines is 1. The topological polar surface area (TPSA) is 80.6 Å². The van der Waals surface area contributed by atoms with Crippen LogP contribution >= 0.6 is 0 Å². The minimum absolute atomic E-state index is 0.0129. The van der Waals surface area contributed by atoms with E-state index in [2.05, 4.69) is 9.97 Å². The molecule has 2 aromatic carbocycles. The Bertz CT molecular complexity index is 1280. The smallest absolute Gasteiger partial charge is 0.270 e. The summed E-state index contributed by atoms with van der Waals surface area (Å²) in [4.78, 5) is 22.9. The van der Waals surface area contributed by atoms with Gasteiger partial charge in [0, 0.05) is 30.4 Å². The maximum absolute atomic E-state index is 13.2. The maximum Gasteiger partial charge on any atom is 0.270 e. The molecule has 0 bridgehead atoms. The van der Waals surface area contributed by atoms with Crippen LogP contribution in [-0.4, -0.2) is 48.1 Å². The van der Waals surface area contributed by atoms with Gasteiger partial charge in [0.25, 0.3) is 5.91 Å². The number of H-pyrrole nitrogens is 1. The number of nitrogens with one attached hydrogen (secondary N) is 1. The number of fused-ring (bicyclic) bond motifs is 1. The van der Waals surface area contributed by atoms with Crippen molar-refractivity contribution in [2.75, 3.05) is 27.3 Å². The highest BCUT2D eigenvalue weighted by Crippen LogP contribution is 2.30. The van der Waals surface area contributed by atoms with Crippen LogP contribution in [-0.2, 0) is 6.42 Å². The number of piperidine rings is 1. The Labute approximate surface area is 192 Å². The van der Waals surface area contributed by atoms with E-state index in [4.69, 9.17) is 13.9 Å². The number of methoxy groups -OCH3 is 2. The zero-order valence-electron chi connectivity index (χ0n) is 18.8. The fourth-order valence-electron chi connectivity index (χ4n) is 4.53. The second kappa shape index (κ2) is 9.02. The molecule has 5 rings (SSSR count). The number of likely N-dealkylation sites (tertiary alicyclic amines) is 1. The molecule has 170 valence electrons. The number of hydrogen-bond acceptors (Lipinski definition) is 5. The minimum atomic E-state index is -0.0129. The van der Waals surface area contributed by atoms with Crippen molar-refractivity contribution in [3.8, 4) is 11.5 Å². The number of rotatable bonds is 6. The van der Waals surface area contributed by atoms with Crippen LogP contribution in [0.2, 0.25) is 0 Å². The Hall–Kier alpha value is -3.74. The lowest BCUT2D eigenvalue weighted by atomic mass is 9.97. The van der Waals surface area contributed by atoms with Gasteiger partial charge in [-0.15, -0.1) is 0 Å². The van der Waals surface area contributed by atoms with Gasteiger partial charge < -0.3 is 23.8 Å². The Kier molecular flexibility index (Phi) is 5.77. The highest BCUT2D eigenvalue weighted by atomic mass is 16.5. The highest BCUT2D eigenvalue weighted by Gasteiger charge is 2.29. The molecule has 1 N–H and O–H groups in total. The van der Waals surface area contributed by atoms with Gasteiger partial charge in [-0.1, -0.05) is 18.2 Å². The zero-order valence-corrected chi connectivity index (χ0v) is 18.8. The van der Waals surface area contributed by atoms with Gasteiger partial charge in [-0.25, -0.2) is 4.98 Å². The van der Waals surface area contributed by atoms with Crippen LogP contribution in [0.3, 0.4) is 0 Å². The largest absolute Gasteiger partial charge is 0.497 e. The molecule has 1 amide bonds. The minimum Gasteiger partial charge on any atom is -0.497 e. The van der Waals surface area contributed by atoms with E-state index in [9.17, 15) is 4.79 Å². The SMILES string of the molecule is COc1cccc(Cc2cnc([C@@H]3CCCN(C(=O)c4cc5c(OC)cccc5[nH]4)C3)o2)c1. The van der Waals surface area contributed by atoms with E-state index in [-0.39, 0.29) is 11.8 Å². The maximum atomic E-state index is 13.2. The van der Waals surface area contributed by atoms with Crippen LogP contribution in [0.5, 0.6) is 11.5 Å². The zero-order chi connectivity index (χ0) is 22.8. The fourth-order valence-corrected chi connectivity index (χ4v) is 4.53. The molecule has 4 aromatic rings. The van der Waals surface area contributed by atoms with Gasteiger partial charge in [-0.05, 0) is 48.7 Å². The third kappa shape index (κ3) is 4.31. The predicted octanol–water partition coefficient (Wildman–Crippen LogP) is 4.78. The second-order valence-corrected chi connectivity index (χ2v) is 8.39. The summed E-state index contributed by atoms with van der Waals surface area (Å²) in [5, 5.41) is 0.909. The molecule has 1 fully saturated rings. The molecule has 0 aliphatic carbocycles. The lowest BCUT2D eigenvalue weighted by Crippen LogP contribution is -2.39. The predicted molar refractivity (Wildman–Crippen MR) is 125 cm³/mol. The van der Waals surface area contributed by atoms with Crippen LogP contribution < -0.4 is 9.47 Å². The fraction of sp³-hybridized carbons (Fsp3) is 0.308. The molecule has 33 heavy (non-hydrogen) atoms. The van der Waals surface area contributed by atoms with E-state index < -0.39 is 0 Å². The third-order valence-electron chi connectivity index (χ3n) is 6.22. The number of nitrogens with zero attached hydrogens (tertiary/aromatic N) is 2. The summed E-state index contributed by atoms with van der Waals surface area (Å²) in [6, 6.07) is 15.6. The van der Waals surface area contributed by atoms with Gasteiger partial charge in [-0.2, -0.15) is 0 Å². The number of amides is 1. The molecule has 7 heteroatoms. The van der Waals surface area contributed by atoms with Crippen molar-refractivity contribution >= 4 is 16.8 Å². The van der Waals surface area contributed by atoms with Gasteiger partial charge in [0.2, 0.25) is 0 Å². The van der Waals surface area contributed by atoms with Crippen molar-refractivity contribution in [2.24, 2.45) is 0 Å². The quantitative estimate of drug-likeness (QED) is 0.462. The first kappa shape index (κ1) is 21.1. The number of hydrogen-bond donors (Lipinski definition) is 1. The monoisotopic (exact) mass is 445 g/mol. The van der Waals surface area contributed by atoms with Crippen molar-refractivity contribution < 1.29 is 18.7 Å². The van der Waals surface area contributed by atoms with E-state index in [1.165, 1.54) is 0 Å². The van der Waals surface area contributed by atoms with Crippen molar-refractivity contribution in [1.82, 2.24) is 14.9 Å². The van der Waals surface area contributed by atoms with Crippen LogP contribution in [0.15, 0.2) is 59.1 Å². The molecule has 0 saturated carbocycles. The number of carbonyl (C=O) groups excluding carboxylic acids is 1. The van der Waals surface area contributed by atoms with E-state index in [1.54, 1.807) is 20.4 Å². The summed E-state index contributed by atoms with van der Waals surface area (Å²) in [7, 11) is 3.30. The van der Waals surface area contributed by atoms with Crippen molar-refractivity contribution in [2.45, 2.75) is 25.2 Å². The number of ether oxygens (including phenoxy) is 2. The van der Waals surface area contributed by atoms with Crippen LogP contribution in [0.25, 0.3) is 10.9 Å². The normalized spacial score (nSPS) is 16.2. The standard InChI is InChI=1S/C26H27N3O4/c1-31-19-8-3-6-17(12-19)13-20-15-27-25(33-20)18-7-5-11-29(16-18)26(30)23-14-21-22(28-23)9-4-10-24(21)32-2/h3-4,6,8-10,12,14-15,18,28H,5,7,11,13,16H2,1-2H3/t18-/m1/s1. The van der Waals surface area contributed by atoms with E-state index >= 15 is 0 Å². The molecular weight excluding hydrogens is 418 g/mol. The summed E-state index contributed by atoms with van der Waals surface area (Å²) in [5.41, 5.74) is 2.56. The van der Waals surface area contributed by atoms with Crippen molar-refractivity contribution in [3.63, 3.8) is 0 Å². The van der Waals surface area contributed by atoms with Crippen LogP contribution in [0.1, 0.15) is 46.5 Å². The lowest BCUT2D eigenvalue weighted by Gasteiger charge is -2.31. The molecule has 0 radical (unpaired) electrons. The van der Waals surface area contributed by atoms with E-state index in [0.29, 0.717) is 24.6 Å². The molecular formula is C26H27N3O4. The molecule has 1 atom stereocenters. The average molecular weight is 446 g/mol. The summed E-state index contributed by atoms with van der Waals surface area (Å²) >= 11 is 0. The molecule has 0 unspecified atom stereocenters. The van der Waals surface area contributed by atoms with Gasteiger partial charge in [0.05, 0.1) is 26.3 Å². The second-order valence-electron chi connectivity index (χ2n) is 8.39. The molecule has 0 spiro atoms. The summed E-state index contributed by atoms with van der Waals surface area (Å²) < 4.78 is 16.8. The average Bonchev–Trinajstić information content (AvgIpc) is 3.51. The summed E-state index contributed by atoms with van der Waals surface area (Å²) in [6.07, 6.45) is 4.30. The summed E-state index contributed by atoms with van der Waals surface area (Å²) in [5.74, 6) is 3.15. The first-order chi connectivity index (χ1) is 16.1. The van der Waals surface area contributed by atoms with Gasteiger partial charge in [-0.3, -0.25) is 4.79 Å². The van der Waals surface area contributed by atoms with Gasteiger partial charge in [0.1, 0.15) is 23.0 Å². The number of carbonyl (C=O) groups is 1. The molecule has 1 aliphatic heterocycles. The molecule has 2 aromatic heterocycles. The molecule has 1 aliphatic rings. The number of benzene rings is 2. The van der Waals surface area contributed by atoms with Crippen molar-refractivity contribution in [3.05, 3.63) is 77.6 Å². The van der Waals surface area contributed by atoms with Crippen LogP contribution in [0, 0.1) is 0 Å². The Morgan fingerprint density at radius 1 is 1.18 bits per heavy atom. The first-order valence-electron chi connectivity index (χ1n) is 11.2. The highest BCUT2D eigenvalue weighted by molar-refractivity contribution is 5.99. The van der Waals surface area contributed by atoms with E-state index in [0.717, 1.165) is 53.1 Å². The van der Waals surface area contributed by atoms with Crippen LogP contribution in [0.4, 0.5) is 0 Å². The summed E-state index contributed by atoms with van der Waals surface area (Å²) in [6.45, 7) is 1.31. The number of aromatic nitrogens is 2. The Balaban J connectivity index is 1.29. The Morgan fingerprint density at radius 2 is 2.06 bits per heavy atom. The van der Waals surface area contributed by atoms with Gasteiger partial charge >= 0.3 is 0 Å². The third-order valence-corrected chi connectivity index (χ3v) is 6.22. The molecule has 7 nitrogen and oxygen atoms in total. The molecule has 3 heterocycles. The number of oxazole rings is 1. The Morgan fingerprint density at radius 3 is 2.91 bits per heavy atom. The molecule has 1 saturated heterocycles. The first-order valence-corrected chi connectivity index (χ1v) is 11.2. The van der Waals surface area contributed by atoms with E-state index in [1.807, 2.05) is 53.4 Å².